The number of alkyl halides is 2. The minimum absolute atomic E-state index is 0.0700. The van der Waals surface area contributed by atoms with Gasteiger partial charge in [0.15, 0.2) is 4.33 Å². The van der Waals surface area contributed by atoms with Gasteiger partial charge in [0.1, 0.15) is 12.1 Å². The number of amides is 1. The Kier molecular flexibility index (Phi) is 5.13. The fraction of sp³-hybridized carbons (Fsp3) is 0.846. The molecule has 1 fully saturated rings. The highest BCUT2D eigenvalue weighted by atomic mass is 35.5. The summed E-state index contributed by atoms with van der Waals surface area (Å²) in [5, 5.41) is 0. The molecular weight excluding hydrogens is 289 g/mol. The quantitative estimate of drug-likeness (QED) is 0.582. The van der Waals surface area contributed by atoms with Crippen LogP contribution in [0.1, 0.15) is 47.0 Å². The summed E-state index contributed by atoms with van der Waals surface area (Å²) in [5.74, 6) is -0.856. The third kappa shape index (κ3) is 4.84. The fourth-order valence-electron chi connectivity index (χ4n) is 2.03. The predicted octanol–water partition coefficient (Wildman–Crippen LogP) is 2.90. The molecule has 0 radical (unpaired) electrons. The van der Waals surface area contributed by atoms with Gasteiger partial charge < -0.3 is 9.64 Å². The molecule has 1 saturated heterocycles. The molecule has 6 heteroatoms. The first-order valence-electron chi connectivity index (χ1n) is 6.44. The van der Waals surface area contributed by atoms with Crippen molar-refractivity contribution in [2.75, 3.05) is 6.54 Å². The molecule has 1 aliphatic heterocycles. The molecule has 0 aromatic rings. The van der Waals surface area contributed by atoms with Gasteiger partial charge in [-0.1, -0.05) is 23.2 Å². The van der Waals surface area contributed by atoms with Crippen LogP contribution >= 0.6 is 23.2 Å². The molecule has 0 aromatic carbocycles. The number of hydrogen-bond acceptors (Lipinski definition) is 3. The molecule has 0 saturated carbocycles. The van der Waals surface area contributed by atoms with Crippen molar-refractivity contribution in [2.24, 2.45) is 0 Å². The summed E-state index contributed by atoms with van der Waals surface area (Å²) in [5.41, 5.74) is -0.575. The van der Waals surface area contributed by atoms with Crippen LogP contribution in [-0.4, -0.2) is 39.3 Å². The maximum atomic E-state index is 12.2. The third-order valence-electron chi connectivity index (χ3n) is 2.94. The number of carbonyl (C=O) groups excluding carboxylic acids is 2. The van der Waals surface area contributed by atoms with Gasteiger partial charge in [0.2, 0.25) is 0 Å². The summed E-state index contributed by atoms with van der Waals surface area (Å²) in [4.78, 5) is 25.5. The van der Waals surface area contributed by atoms with Crippen molar-refractivity contribution in [1.82, 2.24) is 4.90 Å². The van der Waals surface area contributed by atoms with E-state index < -0.39 is 21.8 Å². The van der Waals surface area contributed by atoms with Crippen LogP contribution in [0.5, 0.6) is 0 Å². The molecule has 0 N–H and O–H groups in total. The van der Waals surface area contributed by atoms with E-state index in [0.29, 0.717) is 6.42 Å². The third-order valence-corrected chi connectivity index (χ3v) is 3.64. The molecule has 19 heavy (non-hydrogen) atoms. The van der Waals surface area contributed by atoms with Crippen LogP contribution in [0.15, 0.2) is 0 Å². The fourth-order valence-corrected chi connectivity index (χ4v) is 2.52. The average Bonchev–Trinajstić information content (AvgIpc) is 2.28. The van der Waals surface area contributed by atoms with Crippen molar-refractivity contribution < 1.29 is 14.3 Å². The highest BCUT2D eigenvalue weighted by Crippen LogP contribution is 2.34. The van der Waals surface area contributed by atoms with Crippen molar-refractivity contribution >= 4 is 35.1 Å². The van der Waals surface area contributed by atoms with Crippen molar-refractivity contribution in [2.45, 2.75) is 62.9 Å². The topological polar surface area (TPSA) is 46.6 Å². The lowest BCUT2D eigenvalue weighted by Crippen LogP contribution is -2.48. The summed E-state index contributed by atoms with van der Waals surface area (Å²) >= 11 is 12.1. The number of esters is 1. The second-order valence-corrected chi connectivity index (χ2v) is 7.45. The van der Waals surface area contributed by atoms with E-state index in [2.05, 4.69) is 0 Å². The number of ether oxygens (including phenoxy) is 1. The van der Waals surface area contributed by atoms with Gasteiger partial charge in [0.05, 0.1) is 0 Å². The minimum Gasteiger partial charge on any atom is -0.459 e. The summed E-state index contributed by atoms with van der Waals surface area (Å²) in [6.07, 6.45) is 1.94. The number of carbonyl (C=O) groups is 2. The lowest BCUT2D eigenvalue weighted by molar-refractivity contribution is -0.159. The Bertz CT molecular complexity index is 363. The van der Waals surface area contributed by atoms with Crippen LogP contribution in [0, 0.1) is 0 Å². The number of halogens is 2. The van der Waals surface area contributed by atoms with E-state index in [-0.39, 0.29) is 12.6 Å². The summed E-state index contributed by atoms with van der Waals surface area (Å²) in [6.45, 7) is 7.12. The molecule has 1 heterocycles. The molecule has 0 aliphatic carbocycles. The first-order chi connectivity index (χ1) is 8.53. The number of nitrogens with zero attached hydrogens (tertiary/aromatic N) is 1. The van der Waals surface area contributed by atoms with Crippen molar-refractivity contribution in [3.8, 4) is 0 Å². The van der Waals surface area contributed by atoms with Gasteiger partial charge in [-0.3, -0.25) is 9.59 Å². The first-order valence-corrected chi connectivity index (χ1v) is 7.19. The molecule has 0 aromatic heterocycles. The van der Waals surface area contributed by atoms with E-state index in [9.17, 15) is 9.59 Å². The summed E-state index contributed by atoms with van der Waals surface area (Å²) in [7, 11) is 0. The molecule has 1 unspecified atom stereocenters. The summed E-state index contributed by atoms with van der Waals surface area (Å²) in [6, 6.07) is -0.0700. The molecule has 110 valence electrons. The van der Waals surface area contributed by atoms with Gasteiger partial charge >= 0.3 is 5.97 Å². The Labute approximate surface area is 124 Å². The monoisotopic (exact) mass is 309 g/mol. The predicted molar refractivity (Wildman–Crippen MR) is 75.3 cm³/mol. The largest absolute Gasteiger partial charge is 0.459 e. The second-order valence-electron chi connectivity index (χ2n) is 5.97. The van der Waals surface area contributed by atoms with E-state index in [1.807, 2.05) is 6.92 Å². The second kappa shape index (κ2) is 5.88. The van der Waals surface area contributed by atoms with Crippen LogP contribution in [-0.2, 0) is 14.3 Å². The molecule has 1 aliphatic rings. The van der Waals surface area contributed by atoms with E-state index >= 15 is 0 Å². The van der Waals surface area contributed by atoms with Gasteiger partial charge in [-0.05, 0) is 47.0 Å². The highest BCUT2D eigenvalue weighted by molar-refractivity contribution is 6.58. The molecule has 4 nitrogen and oxygen atoms in total. The van der Waals surface area contributed by atoms with Crippen molar-refractivity contribution in [3.05, 3.63) is 0 Å². The Morgan fingerprint density at radius 3 is 2.58 bits per heavy atom. The van der Waals surface area contributed by atoms with E-state index in [4.69, 9.17) is 27.9 Å². The number of likely N-dealkylation sites (tertiary alicyclic amines) is 1. The van der Waals surface area contributed by atoms with Gasteiger partial charge in [0, 0.05) is 6.04 Å². The van der Waals surface area contributed by atoms with Crippen LogP contribution < -0.4 is 0 Å². The van der Waals surface area contributed by atoms with E-state index in [0.717, 1.165) is 12.8 Å². The normalized spacial score (nSPS) is 24.0. The zero-order valence-corrected chi connectivity index (χ0v) is 13.3. The van der Waals surface area contributed by atoms with Gasteiger partial charge in [-0.2, -0.15) is 0 Å². The Balaban J connectivity index is 2.78. The molecule has 1 atom stereocenters. The first kappa shape index (κ1) is 16.6. The molecule has 0 spiro atoms. The lowest BCUT2D eigenvalue weighted by atomic mass is 10.1. The summed E-state index contributed by atoms with van der Waals surface area (Å²) < 4.78 is 3.79. The standard InChI is InChI=1S/C13H21Cl2NO3/c1-9-6-5-7-13(14,15)11(18)16(9)8-10(17)19-12(2,3)4/h9H,5-8H2,1-4H3. The maximum Gasteiger partial charge on any atom is 0.326 e. The molecular formula is C13H21Cl2NO3. The van der Waals surface area contributed by atoms with Crippen molar-refractivity contribution in [1.29, 1.82) is 0 Å². The van der Waals surface area contributed by atoms with Gasteiger partial charge in [-0.15, -0.1) is 0 Å². The molecule has 1 rings (SSSR count). The minimum atomic E-state index is -1.44. The SMILES string of the molecule is CC1CCCC(Cl)(Cl)C(=O)N1CC(=O)OC(C)(C)C. The smallest absolute Gasteiger partial charge is 0.326 e. The van der Waals surface area contributed by atoms with Crippen molar-refractivity contribution in [3.63, 3.8) is 0 Å². The molecule has 1 amide bonds. The Morgan fingerprint density at radius 2 is 2.05 bits per heavy atom. The Hall–Kier alpha value is -0.480. The van der Waals surface area contributed by atoms with Gasteiger partial charge in [-0.25, -0.2) is 0 Å². The van der Waals surface area contributed by atoms with Crippen LogP contribution in [0.2, 0.25) is 0 Å². The number of rotatable bonds is 2. The number of hydrogen-bond donors (Lipinski definition) is 0. The lowest BCUT2D eigenvalue weighted by Gasteiger charge is -2.30. The van der Waals surface area contributed by atoms with Gasteiger partial charge in [0.25, 0.3) is 5.91 Å². The van der Waals surface area contributed by atoms with Crippen LogP contribution in [0.25, 0.3) is 0 Å². The zero-order chi connectivity index (χ0) is 14.8. The zero-order valence-electron chi connectivity index (χ0n) is 11.8. The average molecular weight is 310 g/mol. The van der Waals surface area contributed by atoms with Crippen LogP contribution in [0.3, 0.4) is 0 Å². The Morgan fingerprint density at radius 1 is 1.47 bits per heavy atom. The van der Waals surface area contributed by atoms with Crippen LogP contribution in [0.4, 0.5) is 0 Å². The highest BCUT2D eigenvalue weighted by Gasteiger charge is 2.42. The molecule has 0 bridgehead atoms. The van der Waals surface area contributed by atoms with E-state index in [1.165, 1.54) is 4.90 Å². The van der Waals surface area contributed by atoms with E-state index in [1.54, 1.807) is 20.8 Å². The maximum absolute atomic E-state index is 12.2.